The van der Waals surface area contributed by atoms with Crippen molar-refractivity contribution in [3.63, 3.8) is 0 Å². The quantitative estimate of drug-likeness (QED) is 0.784. The third kappa shape index (κ3) is 2.50. The average Bonchev–Trinajstić information content (AvgIpc) is 3.32. The molecule has 2 heterocycles. The number of para-hydroxylation sites is 1. The minimum atomic E-state index is 0.555. The summed E-state index contributed by atoms with van der Waals surface area (Å²) in [4.78, 5) is 13.2. The van der Waals surface area contributed by atoms with Gasteiger partial charge in [-0.05, 0) is 25.3 Å². The molecule has 3 aromatic rings. The first-order valence-electron chi connectivity index (χ1n) is 7.82. The number of anilines is 1. The summed E-state index contributed by atoms with van der Waals surface area (Å²) in [5.74, 6) is 1.67. The van der Waals surface area contributed by atoms with Crippen LogP contribution in [0.1, 0.15) is 30.0 Å². The van der Waals surface area contributed by atoms with Gasteiger partial charge in [-0.1, -0.05) is 18.2 Å². The second kappa shape index (κ2) is 5.53. The first kappa shape index (κ1) is 14.0. The number of hydrogen-bond donors (Lipinski definition) is 1. The summed E-state index contributed by atoms with van der Waals surface area (Å²) < 4.78 is 7.65. The van der Waals surface area contributed by atoms with Gasteiger partial charge in [0.1, 0.15) is 17.6 Å². The second-order valence-electron chi connectivity index (χ2n) is 5.90. The molecule has 2 aromatic heterocycles. The number of imidazole rings is 1. The normalized spacial score (nSPS) is 14.2. The maximum atomic E-state index is 5.50. The Hall–Kier alpha value is -2.63. The van der Waals surface area contributed by atoms with E-state index in [1.165, 1.54) is 12.8 Å². The Balaban J connectivity index is 1.62. The predicted octanol–water partition coefficient (Wildman–Crippen LogP) is 3.09. The summed E-state index contributed by atoms with van der Waals surface area (Å²) in [7, 11) is 1.70. The van der Waals surface area contributed by atoms with Crippen molar-refractivity contribution in [3.8, 4) is 5.75 Å². The number of aromatic nitrogens is 4. The van der Waals surface area contributed by atoms with E-state index in [1.54, 1.807) is 13.4 Å². The van der Waals surface area contributed by atoms with Crippen molar-refractivity contribution in [1.82, 2.24) is 19.5 Å². The molecule has 1 saturated carbocycles. The molecule has 118 valence electrons. The lowest BCUT2D eigenvalue weighted by Crippen LogP contribution is -2.05. The Morgan fingerprint density at radius 2 is 2.13 bits per heavy atom. The summed E-state index contributed by atoms with van der Waals surface area (Å²) in [5.41, 5.74) is 3.95. The molecule has 0 bridgehead atoms. The van der Waals surface area contributed by atoms with Crippen molar-refractivity contribution in [1.29, 1.82) is 0 Å². The highest BCUT2D eigenvalue weighted by Crippen LogP contribution is 2.37. The van der Waals surface area contributed by atoms with Crippen LogP contribution in [0.25, 0.3) is 11.2 Å². The highest BCUT2D eigenvalue weighted by Gasteiger charge is 2.26. The molecule has 4 rings (SSSR count). The van der Waals surface area contributed by atoms with Crippen molar-refractivity contribution in [2.45, 2.75) is 32.4 Å². The van der Waals surface area contributed by atoms with Crippen molar-refractivity contribution in [2.75, 3.05) is 12.4 Å². The van der Waals surface area contributed by atoms with Gasteiger partial charge in [0.2, 0.25) is 0 Å². The van der Waals surface area contributed by atoms with E-state index >= 15 is 0 Å². The topological polar surface area (TPSA) is 64.9 Å². The molecular weight excluding hydrogens is 290 g/mol. The van der Waals surface area contributed by atoms with Gasteiger partial charge in [0.05, 0.1) is 13.4 Å². The Morgan fingerprint density at radius 1 is 1.26 bits per heavy atom. The lowest BCUT2D eigenvalue weighted by molar-refractivity contribution is 0.407. The number of methoxy groups -OCH3 is 1. The third-order valence-corrected chi connectivity index (χ3v) is 4.24. The van der Waals surface area contributed by atoms with Gasteiger partial charge < -0.3 is 14.6 Å². The van der Waals surface area contributed by atoms with Crippen LogP contribution in [0.3, 0.4) is 0 Å². The number of benzene rings is 1. The molecule has 1 aliphatic carbocycles. The van der Waals surface area contributed by atoms with Crippen LogP contribution in [0.15, 0.2) is 30.9 Å². The molecule has 0 saturated heterocycles. The first-order chi connectivity index (χ1) is 11.3. The largest absolute Gasteiger partial charge is 0.496 e. The van der Waals surface area contributed by atoms with Crippen LogP contribution in [-0.4, -0.2) is 26.6 Å². The summed E-state index contributed by atoms with van der Waals surface area (Å²) >= 11 is 0. The monoisotopic (exact) mass is 309 g/mol. The van der Waals surface area contributed by atoms with E-state index in [-0.39, 0.29) is 0 Å². The minimum absolute atomic E-state index is 0.555. The first-order valence-corrected chi connectivity index (χ1v) is 7.82. The van der Waals surface area contributed by atoms with E-state index in [0.717, 1.165) is 33.9 Å². The van der Waals surface area contributed by atoms with Gasteiger partial charge in [-0.2, -0.15) is 0 Å². The number of rotatable bonds is 5. The summed E-state index contributed by atoms with van der Waals surface area (Å²) in [5, 5.41) is 3.37. The summed E-state index contributed by atoms with van der Waals surface area (Å²) in [6.07, 6.45) is 5.88. The van der Waals surface area contributed by atoms with Gasteiger partial charge in [-0.25, -0.2) is 15.0 Å². The molecule has 23 heavy (non-hydrogen) atoms. The van der Waals surface area contributed by atoms with Crippen molar-refractivity contribution in [3.05, 3.63) is 42.0 Å². The molecule has 1 fully saturated rings. The summed E-state index contributed by atoms with van der Waals surface area (Å²) in [6, 6.07) is 6.69. The van der Waals surface area contributed by atoms with Crippen LogP contribution in [0.4, 0.5) is 5.82 Å². The molecule has 0 radical (unpaired) electrons. The lowest BCUT2D eigenvalue weighted by atomic mass is 10.1. The molecule has 0 atom stereocenters. The van der Waals surface area contributed by atoms with Crippen LogP contribution in [0.5, 0.6) is 5.75 Å². The molecule has 0 amide bonds. The number of nitrogens with zero attached hydrogens (tertiary/aromatic N) is 4. The molecule has 6 heteroatoms. The number of aryl methyl sites for hydroxylation is 1. The van der Waals surface area contributed by atoms with Crippen molar-refractivity contribution in [2.24, 2.45) is 0 Å². The average molecular weight is 309 g/mol. The van der Waals surface area contributed by atoms with Gasteiger partial charge in [0, 0.05) is 18.2 Å². The zero-order chi connectivity index (χ0) is 15.8. The fourth-order valence-corrected chi connectivity index (χ4v) is 2.92. The number of nitrogens with one attached hydrogen (secondary N) is 1. The lowest BCUT2D eigenvalue weighted by Gasteiger charge is -2.12. The fraction of sp³-hybridized carbons (Fsp3) is 0.353. The Bertz CT molecular complexity index is 853. The van der Waals surface area contributed by atoms with E-state index in [4.69, 9.17) is 4.74 Å². The van der Waals surface area contributed by atoms with Gasteiger partial charge in [0.25, 0.3) is 0 Å². The van der Waals surface area contributed by atoms with Crippen LogP contribution in [0.2, 0.25) is 0 Å². The van der Waals surface area contributed by atoms with Crippen LogP contribution >= 0.6 is 0 Å². The van der Waals surface area contributed by atoms with Crippen molar-refractivity contribution >= 4 is 17.0 Å². The maximum Gasteiger partial charge on any atom is 0.165 e. The van der Waals surface area contributed by atoms with E-state index < -0.39 is 0 Å². The molecule has 0 spiro atoms. The van der Waals surface area contributed by atoms with Gasteiger partial charge in [-0.15, -0.1) is 0 Å². The minimum Gasteiger partial charge on any atom is -0.496 e. The smallest absolute Gasteiger partial charge is 0.165 e. The maximum absolute atomic E-state index is 5.50. The standard InChI is InChI=1S/C17H19N5O/c1-11-4-3-5-12(15(11)23-2)8-18-16-14-17(20-9-19-16)22(10-21-14)13-6-7-13/h3-5,9-10,13H,6-8H2,1-2H3,(H,18,19,20). The van der Waals surface area contributed by atoms with E-state index in [9.17, 15) is 0 Å². The van der Waals surface area contributed by atoms with Gasteiger partial charge >= 0.3 is 0 Å². The van der Waals surface area contributed by atoms with E-state index in [0.29, 0.717) is 12.6 Å². The van der Waals surface area contributed by atoms with Crippen molar-refractivity contribution < 1.29 is 4.74 Å². The van der Waals surface area contributed by atoms with Gasteiger partial charge in [-0.3, -0.25) is 0 Å². The van der Waals surface area contributed by atoms with Crippen LogP contribution in [-0.2, 0) is 6.54 Å². The van der Waals surface area contributed by atoms with Crippen LogP contribution in [0, 0.1) is 6.92 Å². The number of hydrogen-bond acceptors (Lipinski definition) is 5. The Morgan fingerprint density at radius 3 is 2.91 bits per heavy atom. The Labute approximate surface area is 134 Å². The molecule has 1 aromatic carbocycles. The highest BCUT2D eigenvalue weighted by molar-refractivity contribution is 5.82. The molecule has 1 N–H and O–H groups in total. The predicted molar refractivity (Wildman–Crippen MR) is 88.7 cm³/mol. The zero-order valence-corrected chi connectivity index (χ0v) is 13.3. The number of ether oxygens (including phenoxy) is 1. The van der Waals surface area contributed by atoms with E-state index in [2.05, 4.69) is 30.9 Å². The SMILES string of the molecule is COc1c(C)cccc1CNc1ncnc2c1ncn2C1CC1. The second-order valence-corrected chi connectivity index (χ2v) is 5.90. The molecule has 1 aliphatic rings. The summed E-state index contributed by atoms with van der Waals surface area (Å²) in [6.45, 7) is 2.68. The van der Waals surface area contributed by atoms with Crippen LogP contribution < -0.4 is 10.1 Å². The fourth-order valence-electron chi connectivity index (χ4n) is 2.92. The van der Waals surface area contributed by atoms with Gasteiger partial charge in [0.15, 0.2) is 11.5 Å². The molecule has 0 aliphatic heterocycles. The van der Waals surface area contributed by atoms with E-state index in [1.807, 2.05) is 25.4 Å². The number of fused-ring (bicyclic) bond motifs is 1. The Kier molecular flexibility index (Phi) is 3.37. The zero-order valence-electron chi connectivity index (χ0n) is 13.3. The molecule has 0 unspecified atom stereocenters. The molecule has 6 nitrogen and oxygen atoms in total. The molecular formula is C17H19N5O. The third-order valence-electron chi connectivity index (χ3n) is 4.24. The highest BCUT2D eigenvalue weighted by atomic mass is 16.5.